The maximum absolute atomic E-state index is 14.0. The number of carbonyl (C=O) groups excluding carboxylic acids is 1. The van der Waals surface area contributed by atoms with Crippen LogP contribution in [-0.2, 0) is 0 Å². The molecule has 0 aliphatic heterocycles. The number of methoxy groups -OCH3 is 1. The van der Waals surface area contributed by atoms with Crippen LogP contribution in [0, 0.1) is 5.82 Å². The van der Waals surface area contributed by atoms with E-state index in [-0.39, 0.29) is 17.0 Å². The van der Waals surface area contributed by atoms with Crippen LogP contribution in [0.25, 0.3) is 0 Å². The van der Waals surface area contributed by atoms with E-state index in [9.17, 15) is 9.18 Å². The molecule has 98 valence electrons. The number of nitrogens with zero attached hydrogens (tertiary/aromatic N) is 1. The zero-order valence-electron chi connectivity index (χ0n) is 9.78. The number of carbonyl (C=O) groups is 1. The van der Waals surface area contributed by atoms with Gasteiger partial charge in [-0.15, -0.1) is 0 Å². The Balaban J connectivity index is 2.50. The molecular formula is C13H8Br2FNO2. The van der Waals surface area contributed by atoms with E-state index in [1.165, 1.54) is 25.4 Å². The van der Waals surface area contributed by atoms with Gasteiger partial charge in [0.1, 0.15) is 5.69 Å². The van der Waals surface area contributed by atoms with E-state index in [0.717, 1.165) is 4.47 Å². The third-order valence-electron chi connectivity index (χ3n) is 2.45. The van der Waals surface area contributed by atoms with Gasteiger partial charge in [-0.2, -0.15) is 0 Å². The Morgan fingerprint density at radius 3 is 2.74 bits per heavy atom. The topological polar surface area (TPSA) is 39.2 Å². The second kappa shape index (κ2) is 5.79. The number of aromatic nitrogens is 1. The van der Waals surface area contributed by atoms with Crippen LogP contribution in [0.4, 0.5) is 4.39 Å². The van der Waals surface area contributed by atoms with Gasteiger partial charge in [-0.3, -0.25) is 9.78 Å². The number of ketones is 1. The first-order valence-corrected chi connectivity index (χ1v) is 6.81. The molecule has 6 heteroatoms. The molecule has 0 amide bonds. The van der Waals surface area contributed by atoms with Gasteiger partial charge < -0.3 is 4.74 Å². The molecule has 0 atom stereocenters. The molecule has 1 heterocycles. The van der Waals surface area contributed by atoms with Gasteiger partial charge in [-0.05, 0) is 50.1 Å². The van der Waals surface area contributed by atoms with Crippen LogP contribution in [0.2, 0.25) is 0 Å². The van der Waals surface area contributed by atoms with Crippen molar-refractivity contribution in [3.63, 3.8) is 0 Å². The summed E-state index contributed by atoms with van der Waals surface area (Å²) < 4.78 is 20.1. The Labute approximate surface area is 126 Å². The van der Waals surface area contributed by atoms with Crippen molar-refractivity contribution in [3.8, 4) is 5.75 Å². The highest BCUT2D eigenvalue weighted by atomic mass is 79.9. The van der Waals surface area contributed by atoms with Crippen molar-refractivity contribution < 1.29 is 13.9 Å². The average Bonchev–Trinajstić information content (AvgIpc) is 2.38. The van der Waals surface area contributed by atoms with Crippen molar-refractivity contribution in [1.29, 1.82) is 0 Å². The number of hydrogen-bond acceptors (Lipinski definition) is 3. The van der Waals surface area contributed by atoms with Crippen molar-refractivity contribution in [3.05, 3.63) is 56.5 Å². The molecule has 0 aliphatic rings. The summed E-state index contributed by atoms with van der Waals surface area (Å²) in [4.78, 5) is 16.3. The number of hydrogen-bond donors (Lipinski definition) is 0. The molecular weight excluding hydrogens is 381 g/mol. The predicted octanol–water partition coefficient (Wildman–Crippen LogP) is 3.99. The Morgan fingerprint density at radius 2 is 2.11 bits per heavy atom. The lowest BCUT2D eigenvalue weighted by Gasteiger charge is -2.07. The molecule has 2 rings (SSSR count). The minimum atomic E-state index is -0.688. The van der Waals surface area contributed by atoms with Crippen molar-refractivity contribution in [2.45, 2.75) is 0 Å². The lowest BCUT2D eigenvalue weighted by molar-refractivity contribution is 0.102. The molecule has 0 radical (unpaired) electrons. The zero-order chi connectivity index (χ0) is 14.0. The van der Waals surface area contributed by atoms with Crippen LogP contribution in [-0.4, -0.2) is 17.9 Å². The molecule has 0 bridgehead atoms. The first-order chi connectivity index (χ1) is 9.04. The number of rotatable bonds is 3. The van der Waals surface area contributed by atoms with Gasteiger partial charge in [-0.1, -0.05) is 6.07 Å². The van der Waals surface area contributed by atoms with E-state index in [1.807, 2.05) is 0 Å². The van der Waals surface area contributed by atoms with Gasteiger partial charge in [0.05, 0.1) is 12.7 Å². The maximum atomic E-state index is 14.0. The molecule has 19 heavy (non-hydrogen) atoms. The molecule has 1 aromatic heterocycles. The summed E-state index contributed by atoms with van der Waals surface area (Å²) >= 11 is 6.48. The minimum absolute atomic E-state index is 0.0269. The normalized spacial score (nSPS) is 10.3. The van der Waals surface area contributed by atoms with Crippen molar-refractivity contribution in [2.75, 3.05) is 7.11 Å². The van der Waals surface area contributed by atoms with Crippen LogP contribution in [0.15, 0.2) is 39.4 Å². The lowest BCUT2D eigenvalue weighted by Crippen LogP contribution is -2.08. The minimum Gasteiger partial charge on any atom is -0.494 e. The fourth-order valence-corrected chi connectivity index (χ4v) is 2.72. The second-order valence-corrected chi connectivity index (χ2v) is 5.40. The van der Waals surface area contributed by atoms with Crippen LogP contribution in [0.3, 0.4) is 0 Å². The zero-order valence-corrected chi connectivity index (χ0v) is 13.0. The average molecular weight is 389 g/mol. The molecule has 3 nitrogen and oxygen atoms in total. The molecule has 0 saturated heterocycles. The second-order valence-electron chi connectivity index (χ2n) is 3.63. The monoisotopic (exact) mass is 387 g/mol. The predicted molar refractivity (Wildman–Crippen MR) is 76.0 cm³/mol. The molecule has 2 aromatic rings. The van der Waals surface area contributed by atoms with Crippen LogP contribution < -0.4 is 4.74 Å². The summed E-state index contributed by atoms with van der Waals surface area (Å²) in [5.74, 6) is -1.17. The summed E-state index contributed by atoms with van der Waals surface area (Å²) in [5.41, 5.74) is 0.0743. The maximum Gasteiger partial charge on any atom is 0.215 e. The number of halogens is 3. The van der Waals surface area contributed by atoms with E-state index < -0.39 is 11.6 Å². The quantitative estimate of drug-likeness (QED) is 0.746. The molecule has 0 aliphatic carbocycles. The largest absolute Gasteiger partial charge is 0.494 e. The van der Waals surface area contributed by atoms with E-state index >= 15 is 0 Å². The van der Waals surface area contributed by atoms with Gasteiger partial charge in [0.25, 0.3) is 0 Å². The number of benzene rings is 1. The first-order valence-electron chi connectivity index (χ1n) is 5.23. The molecule has 1 aromatic carbocycles. The number of ether oxygens (including phenoxy) is 1. The van der Waals surface area contributed by atoms with Gasteiger partial charge in [0.15, 0.2) is 11.6 Å². The summed E-state index contributed by atoms with van der Waals surface area (Å²) in [6.45, 7) is 0. The third kappa shape index (κ3) is 2.84. The van der Waals surface area contributed by atoms with E-state index in [2.05, 4.69) is 36.8 Å². The van der Waals surface area contributed by atoms with Gasteiger partial charge in [-0.25, -0.2) is 4.39 Å². The molecule has 0 spiro atoms. The number of pyridine rings is 1. The van der Waals surface area contributed by atoms with Crippen LogP contribution in [0.1, 0.15) is 16.1 Å². The highest BCUT2D eigenvalue weighted by molar-refractivity contribution is 9.11. The summed E-state index contributed by atoms with van der Waals surface area (Å²) in [6.07, 6.45) is 1.48. The van der Waals surface area contributed by atoms with Crippen molar-refractivity contribution in [2.24, 2.45) is 0 Å². The first kappa shape index (κ1) is 14.1. The smallest absolute Gasteiger partial charge is 0.215 e. The molecule has 0 fully saturated rings. The van der Waals surface area contributed by atoms with Crippen molar-refractivity contribution in [1.82, 2.24) is 4.98 Å². The Hall–Kier alpha value is -1.27. The fraction of sp³-hybridized carbons (Fsp3) is 0.0769. The molecule has 0 saturated carbocycles. The summed E-state index contributed by atoms with van der Waals surface area (Å²) in [7, 11) is 1.35. The Kier molecular flexibility index (Phi) is 4.31. The van der Waals surface area contributed by atoms with Gasteiger partial charge in [0.2, 0.25) is 5.78 Å². The Bertz CT molecular complexity index is 647. The highest BCUT2D eigenvalue weighted by Crippen LogP contribution is 2.26. The highest BCUT2D eigenvalue weighted by Gasteiger charge is 2.20. The molecule has 0 unspecified atom stereocenters. The van der Waals surface area contributed by atoms with Crippen molar-refractivity contribution >= 4 is 37.6 Å². The third-order valence-corrected chi connectivity index (χ3v) is 3.49. The Morgan fingerprint density at radius 1 is 1.37 bits per heavy atom. The summed E-state index contributed by atoms with van der Waals surface area (Å²) in [5, 5.41) is 0. The standard InChI is InChI=1S/C13H8Br2FNO2/c1-19-10-4-2-3-8(11(10)16)13(18)12-9(15)5-7(14)6-17-12/h2-6H,1H3. The SMILES string of the molecule is COc1cccc(C(=O)c2ncc(Br)cc2Br)c1F. The van der Waals surface area contributed by atoms with Crippen LogP contribution >= 0.6 is 31.9 Å². The molecule has 0 N–H and O–H groups in total. The van der Waals surface area contributed by atoms with Gasteiger partial charge >= 0.3 is 0 Å². The van der Waals surface area contributed by atoms with E-state index in [4.69, 9.17) is 4.74 Å². The van der Waals surface area contributed by atoms with E-state index in [1.54, 1.807) is 12.1 Å². The fourth-order valence-electron chi connectivity index (χ4n) is 1.55. The van der Waals surface area contributed by atoms with Gasteiger partial charge in [0, 0.05) is 15.1 Å². The van der Waals surface area contributed by atoms with E-state index in [0.29, 0.717) is 4.47 Å². The van der Waals surface area contributed by atoms with Crippen LogP contribution in [0.5, 0.6) is 5.75 Å². The lowest BCUT2D eigenvalue weighted by atomic mass is 10.1. The summed E-state index contributed by atoms with van der Waals surface area (Å²) in [6, 6.07) is 6.09.